The molecule has 90 valence electrons. The lowest BCUT2D eigenvalue weighted by Crippen LogP contribution is -2.17. The van der Waals surface area contributed by atoms with E-state index in [1.807, 2.05) is 24.3 Å². The van der Waals surface area contributed by atoms with Gasteiger partial charge in [-0.1, -0.05) is 12.1 Å². The molecule has 0 spiro atoms. The van der Waals surface area contributed by atoms with Crippen molar-refractivity contribution in [1.82, 2.24) is 5.32 Å². The van der Waals surface area contributed by atoms with Crippen molar-refractivity contribution in [1.29, 1.82) is 0 Å². The van der Waals surface area contributed by atoms with Gasteiger partial charge in [0.25, 0.3) is 0 Å². The van der Waals surface area contributed by atoms with Crippen LogP contribution in [-0.4, -0.2) is 38.6 Å². The smallest absolute Gasteiger partial charge is 0.119 e. The number of nitrogens with one attached hydrogen (secondary N) is 1. The molecule has 0 aliphatic rings. The van der Waals surface area contributed by atoms with E-state index in [0.29, 0.717) is 19.8 Å². The number of benzene rings is 1. The molecule has 0 saturated carbocycles. The van der Waals surface area contributed by atoms with Crippen LogP contribution in [0.1, 0.15) is 5.56 Å². The topological polar surface area (TPSA) is 50.7 Å². The summed E-state index contributed by atoms with van der Waals surface area (Å²) in [5, 5.41) is 11.7. The highest BCUT2D eigenvalue weighted by Gasteiger charge is 1.95. The molecule has 0 amide bonds. The van der Waals surface area contributed by atoms with E-state index in [-0.39, 0.29) is 6.61 Å². The average molecular weight is 225 g/mol. The third kappa shape index (κ3) is 5.11. The third-order valence-electron chi connectivity index (χ3n) is 2.10. The first-order chi connectivity index (χ1) is 7.86. The van der Waals surface area contributed by atoms with Crippen LogP contribution in [0.15, 0.2) is 24.3 Å². The Morgan fingerprint density at radius 2 is 1.94 bits per heavy atom. The Hall–Kier alpha value is -1.10. The van der Waals surface area contributed by atoms with Gasteiger partial charge in [0.1, 0.15) is 12.4 Å². The zero-order valence-corrected chi connectivity index (χ0v) is 9.61. The van der Waals surface area contributed by atoms with Crippen LogP contribution in [0, 0.1) is 0 Å². The molecule has 4 heteroatoms. The minimum atomic E-state index is 0.165. The Bertz CT molecular complexity index is 245. The molecule has 16 heavy (non-hydrogen) atoms. The molecule has 4 nitrogen and oxygen atoms in total. The summed E-state index contributed by atoms with van der Waals surface area (Å²) in [6.07, 6.45) is 0. The molecule has 0 fully saturated rings. The Kier molecular flexibility index (Phi) is 6.56. The van der Waals surface area contributed by atoms with Crippen molar-refractivity contribution in [3.05, 3.63) is 29.8 Å². The Morgan fingerprint density at radius 3 is 2.56 bits per heavy atom. The average Bonchev–Trinajstić information content (AvgIpc) is 2.32. The molecule has 0 radical (unpaired) electrons. The summed E-state index contributed by atoms with van der Waals surface area (Å²) in [6.45, 7) is 2.71. The van der Waals surface area contributed by atoms with E-state index in [9.17, 15) is 0 Å². The molecule has 0 aromatic heterocycles. The normalized spacial score (nSPS) is 10.4. The second kappa shape index (κ2) is 8.10. The quantitative estimate of drug-likeness (QED) is 0.642. The van der Waals surface area contributed by atoms with E-state index < -0.39 is 0 Å². The molecule has 2 N–H and O–H groups in total. The minimum absolute atomic E-state index is 0.165. The van der Waals surface area contributed by atoms with Crippen molar-refractivity contribution in [2.45, 2.75) is 6.54 Å². The van der Waals surface area contributed by atoms with Gasteiger partial charge in [-0.25, -0.2) is 0 Å². The van der Waals surface area contributed by atoms with Gasteiger partial charge in [-0.15, -0.1) is 0 Å². The van der Waals surface area contributed by atoms with Gasteiger partial charge in [-0.05, 0) is 17.7 Å². The number of hydrogen-bond donors (Lipinski definition) is 2. The van der Waals surface area contributed by atoms with Crippen LogP contribution in [0.4, 0.5) is 0 Å². The van der Waals surface area contributed by atoms with Crippen molar-refractivity contribution >= 4 is 0 Å². The Morgan fingerprint density at radius 1 is 1.19 bits per heavy atom. The lowest BCUT2D eigenvalue weighted by atomic mass is 10.2. The number of aliphatic hydroxyl groups excluding tert-OH is 1. The molecule has 0 heterocycles. The van der Waals surface area contributed by atoms with Crippen LogP contribution < -0.4 is 10.1 Å². The second-order valence-electron chi connectivity index (χ2n) is 3.39. The van der Waals surface area contributed by atoms with E-state index in [1.165, 1.54) is 5.56 Å². The molecule has 1 aromatic rings. The Labute approximate surface area is 96.2 Å². The SMILES string of the molecule is COCCOc1ccc(CNCCO)cc1. The van der Waals surface area contributed by atoms with Gasteiger partial charge < -0.3 is 19.9 Å². The van der Waals surface area contributed by atoms with E-state index in [1.54, 1.807) is 7.11 Å². The van der Waals surface area contributed by atoms with Crippen LogP contribution in [0.5, 0.6) is 5.75 Å². The maximum Gasteiger partial charge on any atom is 0.119 e. The predicted octanol–water partition coefficient (Wildman–Crippen LogP) is 0.794. The molecular formula is C12H19NO3. The van der Waals surface area contributed by atoms with Crippen LogP contribution in [0.2, 0.25) is 0 Å². The molecule has 0 aliphatic carbocycles. The fraction of sp³-hybridized carbons (Fsp3) is 0.500. The number of aliphatic hydroxyl groups is 1. The van der Waals surface area contributed by atoms with E-state index in [4.69, 9.17) is 14.6 Å². The number of methoxy groups -OCH3 is 1. The van der Waals surface area contributed by atoms with Gasteiger partial charge in [0.05, 0.1) is 13.2 Å². The zero-order chi connectivity index (χ0) is 11.6. The minimum Gasteiger partial charge on any atom is -0.491 e. The highest BCUT2D eigenvalue weighted by atomic mass is 16.5. The molecule has 1 aromatic carbocycles. The Balaban J connectivity index is 2.30. The largest absolute Gasteiger partial charge is 0.491 e. The fourth-order valence-electron chi connectivity index (χ4n) is 1.26. The molecule has 1 rings (SSSR count). The fourth-order valence-corrected chi connectivity index (χ4v) is 1.26. The number of rotatable bonds is 8. The van der Waals surface area contributed by atoms with Crippen LogP contribution in [0.3, 0.4) is 0 Å². The van der Waals surface area contributed by atoms with Crippen LogP contribution in [0.25, 0.3) is 0 Å². The van der Waals surface area contributed by atoms with Crippen LogP contribution in [-0.2, 0) is 11.3 Å². The van der Waals surface area contributed by atoms with Crippen molar-refractivity contribution in [3.8, 4) is 5.75 Å². The van der Waals surface area contributed by atoms with Gasteiger partial charge in [-0.3, -0.25) is 0 Å². The van der Waals surface area contributed by atoms with Gasteiger partial charge in [0.15, 0.2) is 0 Å². The van der Waals surface area contributed by atoms with Crippen molar-refractivity contribution in [3.63, 3.8) is 0 Å². The molecule has 0 aliphatic heterocycles. The summed E-state index contributed by atoms with van der Waals surface area (Å²) >= 11 is 0. The number of ether oxygens (including phenoxy) is 2. The maximum absolute atomic E-state index is 8.61. The van der Waals surface area contributed by atoms with E-state index >= 15 is 0 Å². The molecule has 0 atom stereocenters. The monoisotopic (exact) mass is 225 g/mol. The summed E-state index contributed by atoms with van der Waals surface area (Å²) < 4.78 is 10.3. The summed E-state index contributed by atoms with van der Waals surface area (Å²) in [7, 11) is 1.65. The zero-order valence-electron chi connectivity index (χ0n) is 9.61. The van der Waals surface area contributed by atoms with Crippen molar-refractivity contribution in [2.75, 3.05) is 33.5 Å². The van der Waals surface area contributed by atoms with E-state index in [2.05, 4.69) is 5.32 Å². The highest BCUT2D eigenvalue weighted by Crippen LogP contribution is 2.11. The summed E-state index contributed by atoms with van der Waals surface area (Å²) in [5.74, 6) is 0.850. The number of hydrogen-bond acceptors (Lipinski definition) is 4. The third-order valence-corrected chi connectivity index (χ3v) is 2.10. The van der Waals surface area contributed by atoms with Gasteiger partial charge in [0, 0.05) is 20.2 Å². The molecule has 0 bridgehead atoms. The summed E-state index contributed by atoms with van der Waals surface area (Å²) in [6, 6.07) is 7.89. The first-order valence-corrected chi connectivity index (χ1v) is 5.39. The summed E-state index contributed by atoms with van der Waals surface area (Å²) in [5.41, 5.74) is 1.17. The van der Waals surface area contributed by atoms with Crippen LogP contribution >= 0.6 is 0 Å². The molecule has 0 unspecified atom stereocenters. The van der Waals surface area contributed by atoms with E-state index in [0.717, 1.165) is 12.3 Å². The highest BCUT2D eigenvalue weighted by molar-refractivity contribution is 5.27. The van der Waals surface area contributed by atoms with Crippen molar-refractivity contribution in [2.24, 2.45) is 0 Å². The first-order valence-electron chi connectivity index (χ1n) is 5.39. The molecular weight excluding hydrogens is 206 g/mol. The van der Waals surface area contributed by atoms with Crippen molar-refractivity contribution < 1.29 is 14.6 Å². The lowest BCUT2D eigenvalue weighted by Gasteiger charge is -2.07. The summed E-state index contributed by atoms with van der Waals surface area (Å²) in [4.78, 5) is 0. The standard InChI is InChI=1S/C12H19NO3/c1-15-8-9-16-12-4-2-11(3-5-12)10-13-6-7-14/h2-5,13-14H,6-10H2,1H3. The van der Waals surface area contributed by atoms with Gasteiger partial charge in [0.2, 0.25) is 0 Å². The maximum atomic E-state index is 8.61. The predicted molar refractivity (Wildman–Crippen MR) is 62.6 cm³/mol. The van der Waals surface area contributed by atoms with Gasteiger partial charge in [-0.2, -0.15) is 0 Å². The second-order valence-corrected chi connectivity index (χ2v) is 3.39. The van der Waals surface area contributed by atoms with Gasteiger partial charge >= 0.3 is 0 Å². The first kappa shape index (κ1) is 13.0. The lowest BCUT2D eigenvalue weighted by molar-refractivity contribution is 0.146. The molecule has 0 saturated heterocycles.